The zero-order valence-corrected chi connectivity index (χ0v) is 44.3. The second-order valence-electron chi connectivity index (χ2n) is 26.0. The summed E-state index contributed by atoms with van der Waals surface area (Å²) in [5.74, 6) is -0.396. The average Bonchev–Trinajstić information content (AvgIpc) is 3.65. The number of ether oxygens (including phenoxy) is 8. The van der Waals surface area contributed by atoms with Crippen LogP contribution in [0.2, 0.25) is 0 Å². The van der Waals surface area contributed by atoms with Crippen molar-refractivity contribution in [2.75, 3.05) is 33.0 Å². The third kappa shape index (κ3) is 9.31. The molecular weight excluding hydrogens is 989 g/mol. The predicted molar refractivity (Wildman–Crippen MR) is 257 cm³/mol. The molecule has 5 aliphatic carbocycles. The molecule has 26 atom stereocenters. The number of carboxylic acids is 1. The molecule has 9 aliphatic rings. The SMILES string of the molecule is CC1(C)CCC2(C(=O)O)CCC3(C)C(=CCC4C5(C)CCC(OC6OC(CO)C(O)C(OC7OC(CO)C(O)C(OC8OCC(O)(CO)C8O)C7O)C6OC6OC(CO)C(O)C(O)C6O)C(C)(C)C5CCC43C)C2C1. The van der Waals surface area contributed by atoms with Gasteiger partial charge in [-0.25, -0.2) is 0 Å². The van der Waals surface area contributed by atoms with E-state index in [1.807, 2.05) is 0 Å². The quantitative estimate of drug-likeness (QED) is 0.0791. The molecule has 13 N–H and O–H groups in total. The zero-order valence-electron chi connectivity index (χ0n) is 44.3. The van der Waals surface area contributed by atoms with Crippen LogP contribution in [0.1, 0.15) is 113 Å². The highest BCUT2D eigenvalue weighted by atomic mass is 16.8. The highest BCUT2D eigenvalue weighted by Crippen LogP contribution is 2.76. The maximum atomic E-state index is 13.2. The van der Waals surface area contributed by atoms with Crippen molar-refractivity contribution in [1.82, 2.24) is 0 Å². The molecule has 4 saturated heterocycles. The maximum Gasteiger partial charge on any atom is 0.310 e. The standard InChI is InChI=1S/C53H86O22/c1-47(2)14-16-52(46(65)66)17-15-50(6)24(25(52)18-47)8-9-30-49(5)12-11-31(48(3,4)29(49)10-13-51(30,50)7)72-44-40(75-42-36(62)35(61)32(58)26(19-54)69-42)39(34(60)28(21-56)71-44)74-43-37(63)38(33(59)27(20-55)70-43)73-45-41(64)53(67,22-57)23-68-45/h8,25-45,54-64,67H,9-23H2,1-7H3,(H,65,66). The second-order valence-corrected chi connectivity index (χ2v) is 26.0. The number of allylic oxidation sites excluding steroid dienone is 2. The number of hydrogen-bond donors (Lipinski definition) is 13. The first-order valence-electron chi connectivity index (χ1n) is 27.2. The molecule has 26 unspecified atom stereocenters. The molecule has 4 saturated carbocycles. The third-order valence-corrected chi connectivity index (χ3v) is 21.2. The predicted octanol–water partition coefficient (Wildman–Crippen LogP) is -0.829. The van der Waals surface area contributed by atoms with Gasteiger partial charge >= 0.3 is 5.97 Å². The van der Waals surface area contributed by atoms with E-state index in [-0.39, 0.29) is 39.4 Å². The first-order chi connectivity index (χ1) is 35.1. The molecule has 0 bridgehead atoms. The van der Waals surface area contributed by atoms with Crippen LogP contribution in [0.4, 0.5) is 0 Å². The van der Waals surface area contributed by atoms with E-state index < -0.39 is 166 Å². The monoisotopic (exact) mass is 1070 g/mol. The fourth-order valence-electron chi connectivity index (χ4n) is 16.3. The molecule has 0 aromatic rings. The molecule has 22 heteroatoms. The van der Waals surface area contributed by atoms with E-state index >= 15 is 0 Å². The molecule has 0 radical (unpaired) electrons. The van der Waals surface area contributed by atoms with Gasteiger partial charge in [-0.3, -0.25) is 4.79 Å². The van der Waals surface area contributed by atoms with Gasteiger partial charge in [0.25, 0.3) is 0 Å². The van der Waals surface area contributed by atoms with Crippen molar-refractivity contribution in [1.29, 1.82) is 0 Å². The van der Waals surface area contributed by atoms with Crippen molar-refractivity contribution < 1.29 is 109 Å². The molecule has 8 fully saturated rings. The topological polar surface area (TPSA) is 354 Å². The normalized spacial score (nSPS) is 53.4. The zero-order chi connectivity index (χ0) is 54.7. The van der Waals surface area contributed by atoms with Crippen LogP contribution in [0.3, 0.4) is 0 Å². The number of aliphatic hydroxyl groups excluding tert-OH is 11. The van der Waals surface area contributed by atoms with Gasteiger partial charge in [0.1, 0.15) is 85.0 Å². The summed E-state index contributed by atoms with van der Waals surface area (Å²) in [5.41, 5.74) is -2.72. The Morgan fingerprint density at radius 1 is 0.613 bits per heavy atom. The smallest absolute Gasteiger partial charge is 0.310 e. The van der Waals surface area contributed by atoms with Crippen LogP contribution in [0, 0.1) is 50.2 Å². The Hall–Kier alpha value is -1.59. The van der Waals surface area contributed by atoms with Crippen molar-refractivity contribution in [2.24, 2.45) is 50.2 Å². The summed E-state index contributed by atoms with van der Waals surface area (Å²) in [6.45, 7) is 12.1. The van der Waals surface area contributed by atoms with E-state index in [1.165, 1.54) is 5.57 Å². The lowest BCUT2D eigenvalue weighted by molar-refractivity contribution is -0.402. The van der Waals surface area contributed by atoms with Crippen LogP contribution in [-0.4, -0.2) is 222 Å². The summed E-state index contributed by atoms with van der Waals surface area (Å²) < 4.78 is 48.9. The number of rotatable bonds is 13. The van der Waals surface area contributed by atoms with Crippen LogP contribution < -0.4 is 0 Å². The van der Waals surface area contributed by atoms with Gasteiger partial charge in [0, 0.05) is 0 Å². The summed E-state index contributed by atoms with van der Waals surface area (Å²) in [6, 6.07) is 0. The van der Waals surface area contributed by atoms with Gasteiger partial charge in [-0.2, -0.15) is 0 Å². The van der Waals surface area contributed by atoms with Gasteiger partial charge in [0.2, 0.25) is 0 Å². The van der Waals surface area contributed by atoms with E-state index in [4.69, 9.17) is 37.9 Å². The minimum Gasteiger partial charge on any atom is -0.481 e. The highest BCUT2D eigenvalue weighted by Gasteiger charge is 2.70. The van der Waals surface area contributed by atoms with Gasteiger partial charge in [0.05, 0.1) is 44.6 Å². The summed E-state index contributed by atoms with van der Waals surface area (Å²) in [7, 11) is 0. The Morgan fingerprint density at radius 2 is 1.19 bits per heavy atom. The van der Waals surface area contributed by atoms with E-state index in [0.29, 0.717) is 19.3 Å². The summed E-state index contributed by atoms with van der Waals surface area (Å²) in [5, 5.41) is 141. The Balaban J connectivity index is 1.01. The first-order valence-corrected chi connectivity index (χ1v) is 27.2. The number of carboxylic acid groups (broad SMARTS) is 1. The van der Waals surface area contributed by atoms with E-state index in [0.717, 1.165) is 44.9 Å². The Morgan fingerprint density at radius 3 is 1.80 bits per heavy atom. The Kier molecular flexibility index (Phi) is 16.1. The largest absolute Gasteiger partial charge is 0.481 e. The lowest BCUT2D eigenvalue weighted by atomic mass is 9.33. The van der Waals surface area contributed by atoms with E-state index in [1.54, 1.807) is 0 Å². The molecule has 22 nitrogen and oxygen atoms in total. The third-order valence-electron chi connectivity index (χ3n) is 21.2. The van der Waals surface area contributed by atoms with Crippen LogP contribution >= 0.6 is 0 Å². The number of aliphatic carboxylic acids is 1. The van der Waals surface area contributed by atoms with E-state index in [9.17, 15) is 71.2 Å². The molecule has 0 aromatic carbocycles. The van der Waals surface area contributed by atoms with Gasteiger partial charge < -0.3 is 104 Å². The van der Waals surface area contributed by atoms with Crippen LogP contribution in [0.25, 0.3) is 0 Å². The molecule has 0 amide bonds. The molecule has 4 aliphatic heterocycles. The van der Waals surface area contributed by atoms with Crippen molar-refractivity contribution in [3.05, 3.63) is 11.6 Å². The van der Waals surface area contributed by atoms with E-state index in [2.05, 4.69) is 54.5 Å². The first kappa shape index (κ1) is 58.1. The number of fused-ring (bicyclic) bond motifs is 7. The minimum absolute atomic E-state index is 0.0259. The number of aliphatic hydroxyl groups is 12. The van der Waals surface area contributed by atoms with Crippen molar-refractivity contribution >= 4 is 5.97 Å². The lowest BCUT2D eigenvalue weighted by Gasteiger charge is -2.71. The summed E-state index contributed by atoms with van der Waals surface area (Å²) in [4.78, 5) is 13.2. The lowest BCUT2D eigenvalue weighted by Crippen LogP contribution is -2.68. The molecule has 75 heavy (non-hydrogen) atoms. The number of hydrogen-bond acceptors (Lipinski definition) is 21. The van der Waals surface area contributed by atoms with Crippen molar-refractivity contribution in [3.8, 4) is 0 Å². The van der Waals surface area contributed by atoms with Gasteiger partial charge in [-0.1, -0.05) is 60.1 Å². The molecule has 0 spiro atoms. The minimum atomic E-state index is -2.15. The van der Waals surface area contributed by atoms with Crippen molar-refractivity contribution in [3.63, 3.8) is 0 Å². The molecular formula is C53H86O22. The van der Waals surface area contributed by atoms with Crippen LogP contribution in [-0.2, 0) is 42.7 Å². The summed E-state index contributed by atoms with van der Waals surface area (Å²) in [6.07, 6.45) is -20.4. The van der Waals surface area contributed by atoms with Crippen molar-refractivity contribution in [2.45, 2.75) is 229 Å². The van der Waals surface area contributed by atoms with Gasteiger partial charge in [-0.15, -0.1) is 0 Å². The highest BCUT2D eigenvalue weighted by molar-refractivity contribution is 5.76. The van der Waals surface area contributed by atoms with Gasteiger partial charge in [-0.05, 0) is 109 Å². The number of carbonyl (C=O) groups is 1. The molecule has 430 valence electrons. The maximum absolute atomic E-state index is 13.2. The fourth-order valence-corrected chi connectivity index (χ4v) is 16.3. The summed E-state index contributed by atoms with van der Waals surface area (Å²) >= 11 is 0. The second kappa shape index (κ2) is 20.7. The average molecular weight is 1080 g/mol. The fraction of sp³-hybridized carbons (Fsp3) is 0.943. The van der Waals surface area contributed by atoms with Gasteiger partial charge in [0.15, 0.2) is 25.2 Å². The molecule has 4 heterocycles. The Labute approximate surface area is 437 Å². The molecule has 9 rings (SSSR count). The molecule has 0 aromatic heterocycles. The van der Waals surface area contributed by atoms with Crippen LogP contribution in [0.5, 0.6) is 0 Å². The Bertz CT molecular complexity index is 2080. The van der Waals surface area contributed by atoms with Crippen LogP contribution in [0.15, 0.2) is 11.6 Å².